The van der Waals surface area contributed by atoms with Crippen LogP contribution in [-0.2, 0) is 6.42 Å². The molecule has 0 atom stereocenters. The minimum absolute atomic E-state index is 0.638. The summed E-state index contributed by atoms with van der Waals surface area (Å²) in [5.41, 5.74) is 7.04. The molecule has 0 radical (unpaired) electrons. The summed E-state index contributed by atoms with van der Waals surface area (Å²) in [6.07, 6.45) is 5.83. The minimum Gasteiger partial charge on any atom is -0.383 e. The molecule has 1 saturated carbocycles. The number of nitrogens with zero attached hydrogens (tertiary/aromatic N) is 3. The first-order valence-corrected chi connectivity index (χ1v) is 7.07. The Balaban J connectivity index is 2.30. The van der Waals surface area contributed by atoms with E-state index in [0.717, 1.165) is 30.2 Å². The number of hydrogen-bond acceptors (Lipinski definition) is 4. The summed E-state index contributed by atoms with van der Waals surface area (Å²) in [5.74, 6) is 2.56. The highest BCUT2D eigenvalue weighted by molar-refractivity contribution is 5.57. The van der Waals surface area contributed by atoms with Crippen LogP contribution in [0.25, 0.3) is 0 Å². The second kappa shape index (κ2) is 5.55. The van der Waals surface area contributed by atoms with Crippen LogP contribution in [0.5, 0.6) is 0 Å². The molecule has 1 aliphatic carbocycles. The second-order valence-corrected chi connectivity index (χ2v) is 5.11. The molecule has 100 valence electrons. The maximum atomic E-state index is 6.01. The zero-order valence-electron chi connectivity index (χ0n) is 11.7. The molecule has 0 bridgehead atoms. The summed E-state index contributed by atoms with van der Waals surface area (Å²) in [5, 5.41) is 0. The number of hydrogen-bond donors (Lipinski definition) is 1. The van der Waals surface area contributed by atoms with E-state index < -0.39 is 0 Å². The van der Waals surface area contributed by atoms with E-state index in [9.17, 15) is 0 Å². The number of unbranched alkanes of at least 4 members (excludes halogenated alkanes) is 1. The van der Waals surface area contributed by atoms with Gasteiger partial charge in [0.2, 0.25) is 0 Å². The van der Waals surface area contributed by atoms with Gasteiger partial charge >= 0.3 is 0 Å². The van der Waals surface area contributed by atoms with Crippen molar-refractivity contribution < 1.29 is 0 Å². The monoisotopic (exact) mass is 248 g/mol. The van der Waals surface area contributed by atoms with Gasteiger partial charge in [-0.05, 0) is 26.2 Å². The summed E-state index contributed by atoms with van der Waals surface area (Å²) in [4.78, 5) is 11.5. The van der Waals surface area contributed by atoms with Crippen molar-refractivity contribution in [3.63, 3.8) is 0 Å². The van der Waals surface area contributed by atoms with E-state index in [2.05, 4.69) is 23.7 Å². The number of aryl methyl sites for hydroxylation is 1. The average molecular weight is 248 g/mol. The van der Waals surface area contributed by atoms with Crippen molar-refractivity contribution in [2.75, 3.05) is 17.2 Å². The van der Waals surface area contributed by atoms with Crippen LogP contribution in [0.2, 0.25) is 0 Å². The predicted molar refractivity (Wildman–Crippen MR) is 75.8 cm³/mol. The lowest BCUT2D eigenvalue weighted by Crippen LogP contribution is -2.29. The topological polar surface area (TPSA) is 55.0 Å². The van der Waals surface area contributed by atoms with E-state index in [-0.39, 0.29) is 0 Å². The molecule has 2 N–H and O–H groups in total. The minimum atomic E-state index is 0.638. The molecule has 0 amide bonds. The number of aromatic nitrogens is 2. The first-order chi connectivity index (χ1) is 8.67. The van der Waals surface area contributed by atoms with Crippen LogP contribution in [0.4, 0.5) is 11.6 Å². The van der Waals surface area contributed by atoms with Gasteiger partial charge in [0, 0.05) is 24.6 Å². The summed E-state index contributed by atoms with van der Waals surface area (Å²) >= 11 is 0. The van der Waals surface area contributed by atoms with Crippen molar-refractivity contribution in [1.29, 1.82) is 0 Å². The van der Waals surface area contributed by atoms with Gasteiger partial charge in [-0.2, -0.15) is 0 Å². The van der Waals surface area contributed by atoms with E-state index in [4.69, 9.17) is 10.7 Å². The Morgan fingerprint density at radius 3 is 2.56 bits per heavy atom. The molecule has 0 aromatic carbocycles. The summed E-state index contributed by atoms with van der Waals surface area (Å²) in [7, 11) is 0. The van der Waals surface area contributed by atoms with Crippen LogP contribution >= 0.6 is 0 Å². The fourth-order valence-corrected chi connectivity index (χ4v) is 2.18. The average Bonchev–Trinajstić information content (AvgIpc) is 3.18. The van der Waals surface area contributed by atoms with Gasteiger partial charge in [-0.15, -0.1) is 0 Å². The van der Waals surface area contributed by atoms with E-state index in [0.29, 0.717) is 11.9 Å². The molecule has 0 aliphatic heterocycles. The Hall–Kier alpha value is -1.32. The molecule has 0 saturated heterocycles. The lowest BCUT2D eigenvalue weighted by Gasteiger charge is -2.25. The fourth-order valence-electron chi connectivity index (χ4n) is 2.18. The van der Waals surface area contributed by atoms with E-state index in [1.165, 1.54) is 25.7 Å². The van der Waals surface area contributed by atoms with E-state index >= 15 is 0 Å². The first-order valence-electron chi connectivity index (χ1n) is 7.07. The predicted octanol–water partition coefficient (Wildman–Crippen LogP) is 2.70. The largest absolute Gasteiger partial charge is 0.383 e. The van der Waals surface area contributed by atoms with Crippen molar-refractivity contribution >= 4 is 11.6 Å². The SMILES string of the molecule is CCCCN(c1nc(CC)nc(N)c1C)C1CC1. The lowest BCUT2D eigenvalue weighted by molar-refractivity contribution is 0.698. The van der Waals surface area contributed by atoms with Gasteiger partial charge in [0.05, 0.1) is 0 Å². The lowest BCUT2D eigenvalue weighted by atomic mass is 10.2. The zero-order valence-corrected chi connectivity index (χ0v) is 11.7. The summed E-state index contributed by atoms with van der Waals surface area (Å²) < 4.78 is 0. The van der Waals surface area contributed by atoms with Crippen molar-refractivity contribution in [2.24, 2.45) is 0 Å². The third kappa shape index (κ3) is 2.74. The van der Waals surface area contributed by atoms with Gasteiger partial charge in [0.15, 0.2) is 0 Å². The van der Waals surface area contributed by atoms with Gasteiger partial charge < -0.3 is 10.6 Å². The Kier molecular flexibility index (Phi) is 4.04. The Morgan fingerprint density at radius 1 is 1.28 bits per heavy atom. The normalized spacial score (nSPS) is 14.8. The van der Waals surface area contributed by atoms with E-state index in [1.807, 2.05) is 6.92 Å². The Labute approximate surface area is 110 Å². The molecule has 4 heteroatoms. The fraction of sp³-hybridized carbons (Fsp3) is 0.714. The van der Waals surface area contributed by atoms with Crippen molar-refractivity contribution in [3.8, 4) is 0 Å². The Bertz CT molecular complexity index is 413. The summed E-state index contributed by atoms with van der Waals surface area (Å²) in [6.45, 7) is 7.41. The van der Waals surface area contributed by atoms with Crippen LogP contribution in [-0.4, -0.2) is 22.6 Å². The third-order valence-corrected chi connectivity index (χ3v) is 3.53. The molecule has 0 spiro atoms. The molecule has 1 fully saturated rings. The van der Waals surface area contributed by atoms with Gasteiger partial charge in [0.1, 0.15) is 17.5 Å². The third-order valence-electron chi connectivity index (χ3n) is 3.53. The highest BCUT2D eigenvalue weighted by atomic mass is 15.2. The van der Waals surface area contributed by atoms with Crippen LogP contribution in [0.15, 0.2) is 0 Å². The van der Waals surface area contributed by atoms with Gasteiger partial charge in [-0.25, -0.2) is 9.97 Å². The number of nitrogens with two attached hydrogens (primary N) is 1. The molecule has 1 aromatic heterocycles. The number of rotatable bonds is 6. The van der Waals surface area contributed by atoms with Crippen molar-refractivity contribution in [1.82, 2.24) is 9.97 Å². The molecule has 1 aromatic rings. The maximum absolute atomic E-state index is 6.01. The molecular formula is C14H24N4. The van der Waals surface area contributed by atoms with Crippen LogP contribution in [0.1, 0.15) is 50.9 Å². The van der Waals surface area contributed by atoms with Crippen molar-refractivity contribution in [2.45, 2.75) is 58.9 Å². The second-order valence-electron chi connectivity index (χ2n) is 5.11. The summed E-state index contributed by atoms with van der Waals surface area (Å²) in [6, 6.07) is 0.675. The molecule has 18 heavy (non-hydrogen) atoms. The van der Waals surface area contributed by atoms with Crippen LogP contribution in [0.3, 0.4) is 0 Å². The molecule has 0 unspecified atom stereocenters. The smallest absolute Gasteiger partial charge is 0.137 e. The zero-order chi connectivity index (χ0) is 13.1. The van der Waals surface area contributed by atoms with Crippen molar-refractivity contribution in [3.05, 3.63) is 11.4 Å². The van der Waals surface area contributed by atoms with Crippen LogP contribution < -0.4 is 10.6 Å². The van der Waals surface area contributed by atoms with E-state index in [1.54, 1.807) is 0 Å². The molecular weight excluding hydrogens is 224 g/mol. The molecule has 2 rings (SSSR count). The Morgan fingerprint density at radius 2 is 2.00 bits per heavy atom. The standard InChI is InChI=1S/C14H24N4/c1-4-6-9-18(11-7-8-11)14-10(3)13(15)16-12(5-2)17-14/h11H,4-9H2,1-3H3,(H2,15,16,17). The molecule has 1 aliphatic rings. The molecule has 1 heterocycles. The van der Waals surface area contributed by atoms with Gasteiger partial charge in [0.25, 0.3) is 0 Å². The van der Waals surface area contributed by atoms with Gasteiger partial charge in [-0.3, -0.25) is 0 Å². The first kappa shape index (κ1) is 13.1. The molecule has 4 nitrogen and oxygen atoms in total. The number of anilines is 2. The van der Waals surface area contributed by atoms with Crippen LogP contribution in [0, 0.1) is 6.92 Å². The highest BCUT2D eigenvalue weighted by Gasteiger charge is 2.31. The highest BCUT2D eigenvalue weighted by Crippen LogP contribution is 2.33. The quantitative estimate of drug-likeness (QED) is 0.841. The van der Waals surface area contributed by atoms with Gasteiger partial charge in [-0.1, -0.05) is 20.3 Å². The number of nitrogen functional groups attached to an aromatic ring is 1. The maximum Gasteiger partial charge on any atom is 0.137 e.